The summed E-state index contributed by atoms with van der Waals surface area (Å²) in [6, 6.07) is 2.26. The molecule has 1 aliphatic rings. The minimum Gasteiger partial charge on any atom is -0.481 e. The lowest BCUT2D eigenvalue weighted by molar-refractivity contribution is -0.132. The minimum atomic E-state index is -3.94. The summed E-state index contributed by atoms with van der Waals surface area (Å²) in [4.78, 5) is 13.3. The van der Waals surface area contributed by atoms with Gasteiger partial charge in [-0.15, -0.1) is 0 Å². The second-order valence-electron chi connectivity index (χ2n) is 4.53. The molecule has 1 heterocycles. The van der Waals surface area contributed by atoms with Gasteiger partial charge in [-0.3, -0.25) is 4.79 Å². The molecule has 1 aromatic rings. The molecule has 0 atom stereocenters. The predicted molar refractivity (Wildman–Crippen MR) is 80.8 cm³/mol. The molecule has 0 radical (unpaired) electrons. The molecular weight excluding hydrogens is 361 g/mol. The fourth-order valence-electron chi connectivity index (χ4n) is 2.01. The number of nitrogens with zero attached hydrogens (tertiary/aromatic N) is 1. The lowest BCUT2D eigenvalue weighted by Gasteiger charge is -2.16. The maximum atomic E-state index is 11.9. The second kappa shape index (κ2) is 6.60. The van der Waals surface area contributed by atoms with E-state index in [0.717, 1.165) is 25.0 Å². The highest BCUT2D eigenvalue weighted by Gasteiger charge is 2.21. The second-order valence-corrected chi connectivity index (χ2v) is 7.91. The molecule has 116 valence electrons. The largest absolute Gasteiger partial charge is 0.481 e. The van der Waals surface area contributed by atoms with Gasteiger partial charge in [0.25, 0.3) is 15.0 Å². The quantitative estimate of drug-likeness (QED) is 0.762. The normalized spacial score (nSPS) is 15.3. The first-order valence-electron chi connectivity index (χ1n) is 6.13. The fraction of sp³-hybridized carbons (Fsp3) is 0.417. The van der Waals surface area contributed by atoms with Crippen molar-refractivity contribution in [3.05, 3.63) is 22.2 Å². The highest BCUT2D eigenvalue weighted by atomic mass is 35.7. The number of likely N-dealkylation sites (tertiary alicyclic amines) is 1. The molecule has 0 aromatic heterocycles. The number of ether oxygens (including phenoxy) is 1. The van der Waals surface area contributed by atoms with E-state index in [9.17, 15) is 13.2 Å². The summed E-state index contributed by atoms with van der Waals surface area (Å²) >= 11 is 11.9. The van der Waals surface area contributed by atoms with Crippen LogP contribution in [-0.2, 0) is 13.8 Å². The third-order valence-electron chi connectivity index (χ3n) is 3.05. The van der Waals surface area contributed by atoms with Crippen molar-refractivity contribution >= 4 is 48.8 Å². The Labute approximate surface area is 137 Å². The molecular formula is C12H12Cl3NO4S. The van der Waals surface area contributed by atoms with E-state index in [2.05, 4.69) is 0 Å². The Morgan fingerprint density at radius 3 is 2.19 bits per heavy atom. The van der Waals surface area contributed by atoms with Crippen molar-refractivity contribution in [1.82, 2.24) is 4.90 Å². The molecule has 1 amide bonds. The van der Waals surface area contributed by atoms with Crippen molar-refractivity contribution < 1.29 is 17.9 Å². The summed E-state index contributed by atoms with van der Waals surface area (Å²) in [5.74, 6) is -0.0939. The van der Waals surface area contributed by atoms with E-state index in [4.69, 9.17) is 38.6 Å². The van der Waals surface area contributed by atoms with Crippen LogP contribution >= 0.6 is 33.9 Å². The molecule has 21 heavy (non-hydrogen) atoms. The molecule has 5 nitrogen and oxygen atoms in total. The Balaban J connectivity index is 2.12. The first kappa shape index (κ1) is 16.7. The SMILES string of the molecule is O=C(COc1c(Cl)cc(S(=O)(=O)Cl)cc1Cl)N1CCCC1. The molecule has 1 fully saturated rings. The van der Waals surface area contributed by atoms with Crippen molar-refractivity contribution in [2.75, 3.05) is 19.7 Å². The summed E-state index contributed by atoms with van der Waals surface area (Å²) in [6.07, 6.45) is 1.96. The van der Waals surface area contributed by atoms with Crippen LogP contribution < -0.4 is 4.74 Å². The topological polar surface area (TPSA) is 63.7 Å². The zero-order chi connectivity index (χ0) is 15.6. The molecule has 1 aromatic carbocycles. The third kappa shape index (κ3) is 4.16. The number of carbonyl (C=O) groups is 1. The first-order chi connectivity index (χ1) is 9.79. The zero-order valence-corrected chi connectivity index (χ0v) is 13.9. The summed E-state index contributed by atoms with van der Waals surface area (Å²) in [6.45, 7) is 1.23. The van der Waals surface area contributed by atoms with Gasteiger partial charge in [-0.05, 0) is 25.0 Å². The van der Waals surface area contributed by atoms with Crippen molar-refractivity contribution in [2.24, 2.45) is 0 Å². The van der Waals surface area contributed by atoms with Gasteiger partial charge < -0.3 is 9.64 Å². The van der Waals surface area contributed by atoms with Crippen LogP contribution in [0.3, 0.4) is 0 Å². The smallest absolute Gasteiger partial charge is 0.261 e. The van der Waals surface area contributed by atoms with Crippen LogP contribution in [0.5, 0.6) is 5.75 Å². The predicted octanol–water partition coefficient (Wildman–Crippen LogP) is 2.92. The van der Waals surface area contributed by atoms with Gasteiger partial charge in [-0.2, -0.15) is 0 Å². The third-order valence-corrected chi connectivity index (χ3v) is 4.95. The molecule has 0 spiro atoms. The molecule has 0 unspecified atom stereocenters. The number of rotatable bonds is 4. The average Bonchev–Trinajstić information content (AvgIpc) is 2.90. The van der Waals surface area contributed by atoms with E-state index in [1.165, 1.54) is 0 Å². The molecule has 0 N–H and O–H groups in total. The maximum absolute atomic E-state index is 11.9. The van der Waals surface area contributed by atoms with Gasteiger partial charge in [0.1, 0.15) is 0 Å². The Bertz CT molecular complexity index is 633. The van der Waals surface area contributed by atoms with E-state index in [1.54, 1.807) is 4.90 Å². The van der Waals surface area contributed by atoms with E-state index >= 15 is 0 Å². The van der Waals surface area contributed by atoms with Gasteiger partial charge >= 0.3 is 0 Å². The van der Waals surface area contributed by atoms with E-state index in [-0.39, 0.29) is 33.2 Å². The first-order valence-corrected chi connectivity index (χ1v) is 9.20. The summed E-state index contributed by atoms with van der Waals surface area (Å²) in [5, 5.41) is -0.0353. The van der Waals surface area contributed by atoms with Crippen LogP contribution in [0.25, 0.3) is 0 Å². The Hall–Kier alpha value is -0.690. The maximum Gasteiger partial charge on any atom is 0.261 e. The van der Waals surface area contributed by atoms with Gasteiger partial charge in [-0.1, -0.05) is 23.2 Å². The highest BCUT2D eigenvalue weighted by molar-refractivity contribution is 8.13. The minimum absolute atomic E-state index is 0.0176. The molecule has 1 aliphatic heterocycles. The lowest BCUT2D eigenvalue weighted by Crippen LogP contribution is -2.32. The van der Waals surface area contributed by atoms with Crippen molar-refractivity contribution in [1.29, 1.82) is 0 Å². The van der Waals surface area contributed by atoms with Crippen LogP contribution in [0.2, 0.25) is 10.0 Å². The molecule has 1 saturated heterocycles. The molecule has 0 aliphatic carbocycles. The van der Waals surface area contributed by atoms with E-state index in [1.807, 2.05) is 0 Å². The van der Waals surface area contributed by atoms with Gasteiger partial charge in [0.15, 0.2) is 12.4 Å². The van der Waals surface area contributed by atoms with E-state index in [0.29, 0.717) is 13.1 Å². The van der Waals surface area contributed by atoms with Crippen molar-refractivity contribution in [3.8, 4) is 5.75 Å². The summed E-state index contributed by atoms with van der Waals surface area (Å²) in [7, 11) is 1.29. The number of carbonyl (C=O) groups excluding carboxylic acids is 1. The van der Waals surface area contributed by atoms with Gasteiger partial charge in [0.05, 0.1) is 14.9 Å². The van der Waals surface area contributed by atoms with Crippen LogP contribution in [0.15, 0.2) is 17.0 Å². The van der Waals surface area contributed by atoms with Crippen molar-refractivity contribution in [3.63, 3.8) is 0 Å². The standard InChI is InChI=1S/C12H12Cl3NO4S/c13-9-5-8(21(15,18)19)6-10(14)12(9)20-7-11(17)16-3-1-2-4-16/h5-6H,1-4,7H2. The monoisotopic (exact) mass is 371 g/mol. The Kier molecular flexibility index (Phi) is 5.24. The van der Waals surface area contributed by atoms with Crippen LogP contribution in [0, 0.1) is 0 Å². The molecule has 2 rings (SSSR count). The van der Waals surface area contributed by atoms with Crippen LogP contribution in [-0.4, -0.2) is 38.9 Å². The van der Waals surface area contributed by atoms with Gasteiger partial charge in [-0.25, -0.2) is 8.42 Å². The number of hydrogen-bond donors (Lipinski definition) is 0. The lowest BCUT2D eigenvalue weighted by atomic mass is 10.3. The number of halogens is 3. The molecule has 9 heteroatoms. The molecule has 0 saturated carbocycles. The van der Waals surface area contributed by atoms with Crippen molar-refractivity contribution in [2.45, 2.75) is 17.7 Å². The van der Waals surface area contributed by atoms with Crippen LogP contribution in [0.4, 0.5) is 0 Å². The molecule has 0 bridgehead atoms. The summed E-state index contributed by atoms with van der Waals surface area (Å²) in [5.41, 5.74) is 0. The fourth-order valence-corrected chi connectivity index (χ4v) is 3.52. The number of benzene rings is 1. The number of amides is 1. The Morgan fingerprint density at radius 2 is 1.71 bits per heavy atom. The number of hydrogen-bond acceptors (Lipinski definition) is 4. The zero-order valence-electron chi connectivity index (χ0n) is 10.8. The highest BCUT2D eigenvalue weighted by Crippen LogP contribution is 2.36. The van der Waals surface area contributed by atoms with Gasteiger partial charge in [0, 0.05) is 23.8 Å². The van der Waals surface area contributed by atoms with Crippen LogP contribution in [0.1, 0.15) is 12.8 Å². The van der Waals surface area contributed by atoms with E-state index < -0.39 is 9.05 Å². The average molecular weight is 373 g/mol. The Morgan fingerprint density at radius 1 is 1.19 bits per heavy atom. The summed E-state index contributed by atoms with van der Waals surface area (Å²) < 4.78 is 27.8. The van der Waals surface area contributed by atoms with Gasteiger partial charge in [0.2, 0.25) is 0 Å².